The molecule has 0 aliphatic carbocycles. The highest BCUT2D eigenvalue weighted by atomic mass is 32.2. The number of halogens is 1. The molecule has 0 spiro atoms. The molecular formula is C19H19FN2O3S. The Morgan fingerprint density at radius 2 is 1.38 bits per heavy atom. The smallest absolute Gasteiger partial charge is 0.288 e. The summed E-state index contributed by atoms with van der Waals surface area (Å²) in [5.74, 6) is -0.538. The average Bonchev–Trinajstić information content (AvgIpc) is 3.05. The number of carbonyl (C=O) groups excluding carboxylic acids is 1. The van der Waals surface area contributed by atoms with Crippen LogP contribution in [0.4, 0.5) is 20.6 Å². The SMILES string of the molecule is CCc1ccc(N2C(=O)N(c3ccc(F)cc3)[C@H]3CS(=O)(=O)C[C@H]32)cc1. The Bertz CT molecular complexity index is 942. The number of benzene rings is 2. The van der Waals surface area contributed by atoms with Crippen LogP contribution in [0.5, 0.6) is 0 Å². The summed E-state index contributed by atoms with van der Waals surface area (Å²) in [6.45, 7) is 2.05. The predicted octanol–water partition coefficient (Wildman–Crippen LogP) is 3.00. The van der Waals surface area contributed by atoms with E-state index in [-0.39, 0.29) is 17.5 Å². The van der Waals surface area contributed by atoms with Crippen LogP contribution in [0, 0.1) is 5.82 Å². The van der Waals surface area contributed by atoms with Crippen molar-refractivity contribution < 1.29 is 17.6 Å². The standard InChI is InChI=1S/C19H19FN2O3S/c1-2-13-3-7-15(8-4-13)21-17-11-26(24,25)12-18(17)22(19(21)23)16-9-5-14(20)6-10-16/h3-10,17-18H,2,11-12H2,1H3/t17-,18+/m1/s1. The summed E-state index contributed by atoms with van der Waals surface area (Å²) in [6, 6.07) is 12.0. The number of rotatable bonds is 3. The fourth-order valence-corrected chi connectivity index (χ4v) is 5.72. The minimum absolute atomic E-state index is 0.0589. The van der Waals surface area contributed by atoms with Crippen LogP contribution in [0.25, 0.3) is 0 Å². The molecule has 2 aromatic carbocycles. The number of carbonyl (C=O) groups is 1. The van der Waals surface area contributed by atoms with E-state index in [1.165, 1.54) is 29.2 Å². The van der Waals surface area contributed by atoms with Gasteiger partial charge in [-0.3, -0.25) is 9.80 Å². The van der Waals surface area contributed by atoms with E-state index in [9.17, 15) is 17.6 Å². The van der Waals surface area contributed by atoms with Crippen molar-refractivity contribution in [2.45, 2.75) is 25.4 Å². The van der Waals surface area contributed by atoms with E-state index in [0.29, 0.717) is 11.4 Å². The second-order valence-electron chi connectivity index (χ2n) is 6.73. The van der Waals surface area contributed by atoms with Crippen molar-refractivity contribution in [3.05, 3.63) is 59.9 Å². The zero-order valence-electron chi connectivity index (χ0n) is 14.3. The van der Waals surface area contributed by atoms with E-state index >= 15 is 0 Å². The Kier molecular flexibility index (Phi) is 3.99. The molecule has 5 nitrogen and oxygen atoms in total. The van der Waals surface area contributed by atoms with E-state index in [1.54, 1.807) is 4.90 Å². The van der Waals surface area contributed by atoms with Gasteiger partial charge in [-0.05, 0) is 48.4 Å². The molecule has 0 N–H and O–H groups in total. The lowest BCUT2D eigenvalue weighted by Gasteiger charge is -2.23. The zero-order chi connectivity index (χ0) is 18.5. The quantitative estimate of drug-likeness (QED) is 0.776. The van der Waals surface area contributed by atoms with Gasteiger partial charge < -0.3 is 0 Å². The Morgan fingerprint density at radius 3 is 1.85 bits per heavy atom. The molecule has 2 fully saturated rings. The summed E-state index contributed by atoms with van der Waals surface area (Å²) in [4.78, 5) is 16.2. The molecule has 0 bridgehead atoms. The number of sulfone groups is 1. The van der Waals surface area contributed by atoms with Gasteiger partial charge in [0, 0.05) is 11.4 Å². The number of anilines is 2. The molecule has 4 rings (SSSR count). The molecule has 136 valence electrons. The van der Waals surface area contributed by atoms with E-state index in [2.05, 4.69) is 0 Å². The molecular weight excluding hydrogens is 355 g/mol. The summed E-state index contributed by atoms with van der Waals surface area (Å²) in [5.41, 5.74) is 2.34. The number of amides is 2. The average molecular weight is 374 g/mol. The first-order chi connectivity index (χ1) is 12.4. The van der Waals surface area contributed by atoms with Gasteiger partial charge in [0.2, 0.25) is 0 Å². The van der Waals surface area contributed by atoms with Crippen LogP contribution in [-0.4, -0.2) is 38.0 Å². The van der Waals surface area contributed by atoms with Gasteiger partial charge in [-0.15, -0.1) is 0 Å². The van der Waals surface area contributed by atoms with Gasteiger partial charge in [-0.2, -0.15) is 0 Å². The van der Waals surface area contributed by atoms with Crippen LogP contribution in [0.1, 0.15) is 12.5 Å². The van der Waals surface area contributed by atoms with Gasteiger partial charge in [0.15, 0.2) is 9.84 Å². The lowest BCUT2D eigenvalue weighted by molar-refractivity contribution is 0.255. The lowest BCUT2D eigenvalue weighted by atomic mass is 10.1. The number of fused-ring (bicyclic) bond motifs is 1. The molecule has 0 saturated carbocycles. The van der Waals surface area contributed by atoms with Crippen molar-refractivity contribution in [3.8, 4) is 0 Å². The summed E-state index contributed by atoms with van der Waals surface area (Å²) < 4.78 is 37.7. The highest BCUT2D eigenvalue weighted by Gasteiger charge is 2.54. The van der Waals surface area contributed by atoms with Crippen molar-refractivity contribution in [1.29, 1.82) is 0 Å². The minimum atomic E-state index is -3.24. The van der Waals surface area contributed by atoms with Crippen molar-refractivity contribution >= 4 is 27.2 Å². The molecule has 7 heteroatoms. The van der Waals surface area contributed by atoms with E-state index in [4.69, 9.17) is 0 Å². The molecule has 26 heavy (non-hydrogen) atoms. The maximum absolute atomic E-state index is 13.3. The summed E-state index contributed by atoms with van der Waals surface area (Å²) >= 11 is 0. The van der Waals surface area contributed by atoms with Crippen LogP contribution in [0.15, 0.2) is 48.5 Å². The monoisotopic (exact) mass is 374 g/mol. The molecule has 0 radical (unpaired) electrons. The minimum Gasteiger partial charge on any atom is -0.288 e. The lowest BCUT2D eigenvalue weighted by Crippen LogP contribution is -2.37. The van der Waals surface area contributed by atoms with Crippen molar-refractivity contribution in [2.24, 2.45) is 0 Å². The second-order valence-corrected chi connectivity index (χ2v) is 8.88. The highest BCUT2D eigenvalue weighted by molar-refractivity contribution is 7.91. The molecule has 2 aromatic rings. The van der Waals surface area contributed by atoms with Gasteiger partial charge >= 0.3 is 6.03 Å². The molecule has 2 atom stereocenters. The predicted molar refractivity (Wildman–Crippen MR) is 98.8 cm³/mol. The van der Waals surface area contributed by atoms with Crippen molar-refractivity contribution in [3.63, 3.8) is 0 Å². The third kappa shape index (κ3) is 2.76. The van der Waals surface area contributed by atoms with Crippen LogP contribution >= 0.6 is 0 Å². The number of aryl methyl sites for hydroxylation is 1. The first-order valence-corrected chi connectivity index (χ1v) is 10.4. The van der Waals surface area contributed by atoms with Gasteiger partial charge in [0.05, 0.1) is 23.6 Å². The fraction of sp³-hybridized carbons (Fsp3) is 0.316. The maximum atomic E-state index is 13.3. The van der Waals surface area contributed by atoms with Crippen LogP contribution in [0.2, 0.25) is 0 Å². The van der Waals surface area contributed by atoms with Crippen LogP contribution in [-0.2, 0) is 16.3 Å². The van der Waals surface area contributed by atoms with Gasteiger partial charge in [-0.25, -0.2) is 17.6 Å². The number of nitrogens with zero attached hydrogens (tertiary/aromatic N) is 2. The van der Waals surface area contributed by atoms with Crippen molar-refractivity contribution in [2.75, 3.05) is 21.3 Å². The summed E-state index contributed by atoms with van der Waals surface area (Å²) in [7, 11) is -3.24. The Balaban J connectivity index is 1.77. The Morgan fingerprint density at radius 1 is 0.923 bits per heavy atom. The Labute approximate surface area is 152 Å². The van der Waals surface area contributed by atoms with Gasteiger partial charge in [0.25, 0.3) is 0 Å². The van der Waals surface area contributed by atoms with E-state index < -0.39 is 27.7 Å². The third-order valence-electron chi connectivity index (χ3n) is 5.10. The molecule has 2 amide bonds. The number of hydrogen-bond donors (Lipinski definition) is 0. The second kappa shape index (κ2) is 6.09. The van der Waals surface area contributed by atoms with Crippen LogP contribution < -0.4 is 9.80 Å². The van der Waals surface area contributed by atoms with E-state index in [0.717, 1.165) is 12.0 Å². The largest absolute Gasteiger partial charge is 0.329 e. The van der Waals surface area contributed by atoms with Crippen LogP contribution in [0.3, 0.4) is 0 Å². The zero-order valence-corrected chi connectivity index (χ0v) is 15.1. The number of hydrogen-bond acceptors (Lipinski definition) is 3. The first kappa shape index (κ1) is 17.0. The third-order valence-corrected chi connectivity index (χ3v) is 6.80. The number of urea groups is 1. The highest BCUT2D eigenvalue weighted by Crippen LogP contribution is 2.38. The summed E-state index contributed by atoms with van der Waals surface area (Å²) in [5, 5.41) is 0. The topological polar surface area (TPSA) is 57.7 Å². The maximum Gasteiger partial charge on any atom is 0.329 e. The molecule has 2 aliphatic rings. The normalized spacial score (nSPS) is 24.2. The fourth-order valence-electron chi connectivity index (χ4n) is 3.80. The summed E-state index contributed by atoms with van der Waals surface area (Å²) in [6.07, 6.45) is 0.885. The Hall–Kier alpha value is -2.41. The van der Waals surface area contributed by atoms with Gasteiger partial charge in [-0.1, -0.05) is 19.1 Å². The molecule has 2 heterocycles. The molecule has 0 unspecified atom stereocenters. The molecule has 0 aromatic heterocycles. The molecule has 2 aliphatic heterocycles. The molecule has 2 saturated heterocycles. The van der Waals surface area contributed by atoms with Crippen molar-refractivity contribution in [1.82, 2.24) is 0 Å². The first-order valence-electron chi connectivity index (χ1n) is 8.57. The van der Waals surface area contributed by atoms with Gasteiger partial charge in [0.1, 0.15) is 5.82 Å². The van der Waals surface area contributed by atoms with E-state index in [1.807, 2.05) is 31.2 Å².